The highest BCUT2D eigenvalue weighted by Gasteiger charge is 2.12. The number of ether oxygens (including phenoxy) is 1. The molecule has 3 aromatic rings. The molecule has 1 N–H and O–H groups in total. The van der Waals surface area contributed by atoms with Crippen LogP contribution in [0.3, 0.4) is 0 Å². The van der Waals surface area contributed by atoms with E-state index in [1.54, 1.807) is 42.6 Å². The number of aromatic nitrogens is 2. The molecular weight excluding hydrogens is 345 g/mol. The molecule has 1 heterocycles. The lowest BCUT2D eigenvalue weighted by Gasteiger charge is -2.08. The van der Waals surface area contributed by atoms with E-state index in [0.29, 0.717) is 10.8 Å². The molecule has 3 rings (SSSR count). The van der Waals surface area contributed by atoms with Crippen LogP contribution in [0.15, 0.2) is 54.7 Å². The van der Waals surface area contributed by atoms with E-state index in [1.807, 2.05) is 6.92 Å². The van der Waals surface area contributed by atoms with Crippen LogP contribution < -0.4 is 10.1 Å². The maximum absolute atomic E-state index is 13.7. The first-order valence-corrected chi connectivity index (χ1v) is 7.89. The summed E-state index contributed by atoms with van der Waals surface area (Å²) in [6.45, 7) is 1.91. The normalized spacial score (nSPS) is 10.5. The smallest absolute Gasteiger partial charge is 0.276 e. The number of benzene rings is 2. The SMILES string of the molecule is Cc1ccc(F)c(NC(=O)c2ccn(COc3ccccc3Cl)n2)c1. The molecule has 7 heteroatoms. The fourth-order valence-corrected chi connectivity index (χ4v) is 2.36. The van der Waals surface area contributed by atoms with Crippen LogP contribution in [0.2, 0.25) is 5.02 Å². The minimum Gasteiger partial charge on any atom is -0.470 e. The number of nitrogens with one attached hydrogen (secondary N) is 1. The monoisotopic (exact) mass is 359 g/mol. The van der Waals surface area contributed by atoms with Crippen LogP contribution in [0.5, 0.6) is 5.75 Å². The quantitative estimate of drug-likeness (QED) is 0.740. The Hall–Kier alpha value is -2.86. The molecule has 0 atom stereocenters. The fourth-order valence-electron chi connectivity index (χ4n) is 2.17. The zero-order valence-electron chi connectivity index (χ0n) is 13.4. The zero-order valence-corrected chi connectivity index (χ0v) is 14.1. The first-order valence-electron chi connectivity index (χ1n) is 7.51. The zero-order chi connectivity index (χ0) is 17.8. The van der Waals surface area contributed by atoms with Gasteiger partial charge in [-0.2, -0.15) is 5.10 Å². The Morgan fingerprint density at radius 3 is 2.88 bits per heavy atom. The number of rotatable bonds is 5. The molecule has 0 aliphatic heterocycles. The van der Waals surface area contributed by atoms with Gasteiger partial charge in [0.25, 0.3) is 5.91 Å². The number of carbonyl (C=O) groups is 1. The van der Waals surface area contributed by atoms with Crippen molar-refractivity contribution in [1.82, 2.24) is 9.78 Å². The number of anilines is 1. The minimum atomic E-state index is -0.500. The summed E-state index contributed by atoms with van der Waals surface area (Å²) in [5.74, 6) is -0.478. The minimum absolute atomic E-state index is 0.0931. The van der Waals surface area contributed by atoms with Gasteiger partial charge in [-0.3, -0.25) is 4.79 Å². The van der Waals surface area contributed by atoms with E-state index in [9.17, 15) is 9.18 Å². The Balaban J connectivity index is 1.65. The van der Waals surface area contributed by atoms with Gasteiger partial charge in [0.2, 0.25) is 0 Å². The number of para-hydroxylation sites is 1. The van der Waals surface area contributed by atoms with E-state index in [1.165, 1.54) is 16.8 Å². The van der Waals surface area contributed by atoms with Gasteiger partial charge in [-0.25, -0.2) is 9.07 Å². The molecule has 1 amide bonds. The molecule has 0 aliphatic rings. The van der Waals surface area contributed by atoms with Crippen molar-refractivity contribution in [3.05, 3.63) is 76.8 Å². The molecule has 5 nitrogen and oxygen atoms in total. The van der Waals surface area contributed by atoms with Crippen molar-refractivity contribution in [2.75, 3.05) is 5.32 Å². The number of aryl methyl sites for hydroxylation is 1. The third kappa shape index (κ3) is 4.16. The second kappa shape index (κ2) is 7.36. The lowest BCUT2D eigenvalue weighted by Crippen LogP contribution is -2.15. The molecule has 128 valence electrons. The van der Waals surface area contributed by atoms with Crippen LogP contribution >= 0.6 is 11.6 Å². The predicted molar refractivity (Wildman–Crippen MR) is 93.4 cm³/mol. The highest BCUT2D eigenvalue weighted by atomic mass is 35.5. The number of hydrogen-bond acceptors (Lipinski definition) is 3. The van der Waals surface area contributed by atoms with E-state index < -0.39 is 11.7 Å². The molecule has 0 aliphatic carbocycles. The summed E-state index contributed by atoms with van der Waals surface area (Å²) in [4.78, 5) is 12.2. The van der Waals surface area contributed by atoms with Gasteiger partial charge in [0, 0.05) is 6.20 Å². The summed E-state index contributed by atoms with van der Waals surface area (Å²) in [5, 5.41) is 7.12. The van der Waals surface area contributed by atoms with Gasteiger partial charge in [0.1, 0.15) is 11.6 Å². The van der Waals surface area contributed by atoms with Crippen LogP contribution in [0.25, 0.3) is 0 Å². The summed E-state index contributed by atoms with van der Waals surface area (Å²) in [6, 6.07) is 13.1. The number of nitrogens with zero attached hydrogens (tertiary/aromatic N) is 2. The van der Waals surface area contributed by atoms with Crippen LogP contribution in [-0.2, 0) is 6.73 Å². The van der Waals surface area contributed by atoms with Crippen molar-refractivity contribution in [2.45, 2.75) is 13.7 Å². The molecule has 0 unspecified atom stereocenters. The van der Waals surface area contributed by atoms with E-state index in [-0.39, 0.29) is 18.1 Å². The summed E-state index contributed by atoms with van der Waals surface area (Å²) < 4.78 is 20.7. The van der Waals surface area contributed by atoms with E-state index in [4.69, 9.17) is 16.3 Å². The van der Waals surface area contributed by atoms with E-state index in [0.717, 1.165) is 5.56 Å². The fraction of sp³-hybridized carbons (Fsp3) is 0.111. The number of carbonyl (C=O) groups excluding carboxylic acids is 1. The Kier molecular flexibility index (Phi) is 5.00. The Labute approximate surface area is 149 Å². The van der Waals surface area contributed by atoms with Gasteiger partial charge in [-0.1, -0.05) is 29.8 Å². The van der Waals surface area contributed by atoms with Crippen molar-refractivity contribution < 1.29 is 13.9 Å². The predicted octanol–water partition coefficient (Wildman–Crippen LogP) is 4.27. The van der Waals surface area contributed by atoms with Crippen LogP contribution in [0, 0.1) is 12.7 Å². The van der Waals surface area contributed by atoms with Crippen molar-refractivity contribution in [3.8, 4) is 5.75 Å². The van der Waals surface area contributed by atoms with E-state index in [2.05, 4.69) is 10.4 Å². The highest BCUT2D eigenvalue weighted by Crippen LogP contribution is 2.23. The third-order valence-electron chi connectivity index (χ3n) is 3.43. The van der Waals surface area contributed by atoms with Gasteiger partial charge in [-0.15, -0.1) is 0 Å². The van der Waals surface area contributed by atoms with Gasteiger partial charge >= 0.3 is 0 Å². The number of amides is 1. The molecule has 0 saturated heterocycles. The molecule has 2 aromatic carbocycles. The average molecular weight is 360 g/mol. The molecule has 0 saturated carbocycles. The van der Waals surface area contributed by atoms with Crippen LogP contribution in [0.1, 0.15) is 16.1 Å². The Morgan fingerprint density at radius 1 is 1.28 bits per heavy atom. The second-order valence-corrected chi connectivity index (χ2v) is 5.79. The van der Waals surface area contributed by atoms with Crippen LogP contribution in [0.4, 0.5) is 10.1 Å². The first kappa shape index (κ1) is 17.0. The van der Waals surface area contributed by atoms with Gasteiger partial charge in [0.05, 0.1) is 10.7 Å². The van der Waals surface area contributed by atoms with Gasteiger partial charge in [-0.05, 0) is 42.8 Å². The topological polar surface area (TPSA) is 56.2 Å². The molecule has 0 radical (unpaired) electrons. The molecule has 0 bridgehead atoms. The number of halogens is 2. The third-order valence-corrected chi connectivity index (χ3v) is 3.74. The summed E-state index contributed by atoms with van der Waals surface area (Å²) in [7, 11) is 0. The Bertz CT molecular complexity index is 911. The molecule has 0 fully saturated rings. The lowest BCUT2D eigenvalue weighted by atomic mass is 10.2. The van der Waals surface area contributed by atoms with Crippen molar-refractivity contribution in [3.63, 3.8) is 0 Å². The first-order chi connectivity index (χ1) is 12.0. The van der Waals surface area contributed by atoms with Crippen molar-refractivity contribution >= 4 is 23.2 Å². The summed E-state index contributed by atoms with van der Waals surface area (Å²) in [5.41, 5.74) is 1.12. The molecule has 0 spiro atoms. The van der Waals surface area contributed by atoms with Crippen LogP contribution in [-0.4, -0.2) is 15.7 Å². The summed E-state index contributed by atoms with van der Waals surface area (Å²) >= 11 is 6.01. The average Bonchev–Trinajstić information content (AvgIpc) is 3.06. The second-order valence-electron chi connectivity index (χ2n) is 5.38. The molecular formula is C18H15ClFN3O2. The van der Waals surface area contributed by atoms with Gasteiger partial charge < -0.3 is 10.1 Å². The lowest BCUT2D eigenvalue weighted by molar-refractivity contribution is 0.101. The number of hydrogen-bond donors (Lipinski definition) is 1. The van der Waals surface area contributed by atoms with Gasteiger partial charge in [0.15, 0.2) is 12.4 Å². The van der Waals surface area contributed by atoms with E-state index >= 15 is 0 Å². The summed E-state index contributed by atoms with van der Waals surface area (Å²) in [6.07, 6.45) is 1.60. The van der Waals surface area contributed by atoms with Crippen molar-refractivity contribution in [1.29, 1.82) is 0 Å². The Morgan fingerprint density at radius 2 is 2.08 bits per heavy atom. The molecule has 1 aromatic heterocycles. The molecule has 25 heavy (non-hydrogen) atoms. The maximum Gasteiger partial charge on any atom is 0.276 e. The van der Waals surface area contributed by atoms with Crippen molar-refractivity contribution in [2.24, 2.45) is 0 Å². The largest absolute Gasteiger partial charge is 0.470 e. The standard InChI is InChI=1S/C18H15ClFN3O2/c1-12-6-7-14(20)16(10-12)21-18(24)15-8-9-23(22-15)11-25-17-5-3-2-4-13(17)19/h2-10H,11H2,1H3,(H,21,24). The maximum atomic E-state index is 13.7. The highest BCUT2D eigenvalue weighted by molar-refractivity contribution is 6.32.